The average Bonchev–Trinajstić information content (AvgIpc) is 2.59. The van der Waals surface area contributed by atoms with Gasteiger partial charge in [-0.25, -0.2) is 5.06 Å². The van der Waals surface area contributed by atoms with Gasteiger partial charge in [0.15, 0.2) is 0 Å². The molecule has 0 saturated carbocycles. The third kappa shape index (κ3) is 3.38. The van der Waals surface area contributed by atoms with Crippen molar-refractivity contribution in [2.75, 3.05) is 11.4 Å². The van der Waals surface area contributed by atoms with E-state index in [0.717, 1.165) is 16.1 Å². The van der Waals surface area contributed by atoms with Crippen molar-refractivity contribution in [3.8, 4) is 0 Å². The van der Waals surface area contributed by atoms with Crippen LogP contribution < -0.4 is 4.90 Å². The van der Waals surface area contributed by atoms with Crippen molar-refractivity contribution >= 4 is 29.8 Å². The number of nitrogens with zero attached hydrogens (tertiary/aromatic N) is 2. The third-order valence-corrected chi connectivity index (χ3v) is 4.86. The summed E-state index contributed by atoms with van der Waals surface area (Å²) in [7, 11) is 0. The number of anilines is 1. The van der Waals surface area contributed by atoms with E-state index in [4.69, 9.17) is 0 Å². The molecule has 1 atom stereocenters. The van der Waals surface area contributed by atoms with Crippen LogP contribution in [0.15, 0.2) is 59.5 Å². The van der Waals surface area contributed by atoms with Gasteiger partial charge in [0.05, 0.1) is 18.8 Å². The molecule has 0 bridgehead atoms. The summed E-state index contributed by atoms with van der Waals surface area (Å²) < 4.78 is 0. The summed E-state index contributed by atoms with van der Waals surface area (Å²) in [6.45, 7) is 0.424. The molecule has 0 radical (unpaired) electrons. The molecule has 2 aromatic rings. The van der Waals surface area contributed by atoms with Crippen LogP contribution in [0.5, 0.6) is 0 Å². The normalized spacial score (nSPS) is 16.8. The van der Waals surface area contributed by atoms with E-state index in [1.54, 1.807) is 4.90 Å². The minimum Gasteiger partial charge on any atom is -0.306 e. The second kappa shape index (κ2) is 6.85. The van der Waals surface area contributed by atoms with Crippen LogP contribution in [0.2, 0.25) is 0 Å². The van der Waals surface area contributed by atoms with Gasteiger partial charge >= 0.3 is 0 Å². The second-order valence-corrected chi connectivity index (χ2v) is 6.46. The molecule has 5 nitrogen and oxygen atoms in total. The van der Waals surface area contributed by atoms with Crippen LogP contribution in [-0.4, -0.2) is 34.4 Å². The number of thioether (sulfide) groups is 1. The van der Waals surface area contributed by atoms with E-state index in [0.29, 0.717) is 18.0 Å². The molecule has 3 rings (SSSR count). The lowest BCUT2D eigenvalue weighted by Gasteiger charge is -2.34. The lowest BCUT2D eigenvalue weighted by atomic mass is 10.1. The summed E-state index contributed by atoms with van der Waals surface area (Å²) in [5, 5.41) is 9.43. The third-order valence-electron chi connectivity index (χ3n) is 3.62. The molecular formula is C17H16N2O3S. The molecule has 0 aliphatic carbocycles. The van der Waals surface area contributed by atoms with E-state index in [2.05, 4.69) is 0 Å². The Morgan fingerprint density at radius 2 is 1.83 bits per heavy atom. The molecule has 1 aliphatic rings. The van der Waals surface area contributed by atoms with Crippen LogP contribution in [0.25, 0.3) is 0 Å². The Labute approximate surface area is 138 Å². The number of hydroxylamine groups is 2. The molecule has 2 amide bonds. The Bertz CT molecular complexity index is 708. The highest BCUT2D eigenvalue weighted by Crippen LogP contribution is 2.39. The Hall–Kier alpha value is -2.31. The van der Waals surface area contributed by atoms with E-state index in [9.17, 15) is 14.8 Å². The minimum atomic E-state index is -0.524. The molecule has 1 N–H and O–H groups in total. The SMILES string of the molecule is O=CN(O)CC1Sc2ccccc2N(Cc2ccccc2)C1=O. The first-order valence-electron chi connectivity index (χ1n) is 7.21. The highest BCUT2D eigenvalue weighted by Gasteiger charge is 2.34. The standard InChI is InChI=1S/C17H16N2O3S/c20-12-18(22)11-16-17(21)19(10-13-6-2-1-3-7-13)14-8-4-5-9-15(14)23-16/h1-9,12,16,22H,10-11H2. The molecule has 1 aliphatic heterocycles. The molecule has 2 aromatic carbocycles. The summed E-state index contributed by atoms with van der Waals surface area (Å²) in [6.07, 6.45) is 0.315. The molecule has 0 saturated heterocycles. The number of carbonyl (C=O) groups excluding carboxylic acids is 2. The zero-order chi connectivity index (χ0) is 16.2. The van der Waals surface area contributed by atoms with Gasteiger partial charge in [0.2, 0.25) is 12.3 Å². The first-order valence-corrected chi connectivity index (χ1v) is 8.09. The largest absolute Gasteiger partial charge is 0.306 e. The van der Waals surface area contributed by atoms with Gasteiger partial charge in [0.25, 0.3) is 0 Å². The van der Waals surface area contributed by atoms with E-state index < -0.39 is 5.25 Å². The van der Waals surface area contributed by atoms with Gasteiger partial charge in [0, 0.05) is 4.90 Å². The maximum atomic E-state index is 12.8. The highest BCUT2D eigenvalue weighted by molar-refractivity contribution is 8.01. The predicted octanol–water partition coefficient (Wildman–Crippen LogP) is 2.54. The zero-order valence-electron chi connectivity index (χ0n) is 12.3. The van der Waals surface area contributed by atoms with Gasteiger partial charge in [-0.3, -0.25) is 14.8 Å². The number of rotatable bonds is 5. The van der Waals surface area contributed by atoms with Crippen LogP contribution in [0, 0.1) is 0 Å². The molecule has 1 unspecified atom stereocenters. The van der Waals surface area contributed by atoms with Crippen LogP contribution in [0.1, 0.15) is 5.56 Å². The number of para-hydroxylation sites is 1. The highest BCUT2D eigenvalue weighted by atomic mass is 32.2. The van der Waals surface area contributed by atoms with Gasteiger partial charge in [-0.2, -0.15) is 0 Å². The quantitative estimate of drug-likeness (QED) is 0.520. The molecule has 1 heterocycles. The first-order chi connectivity index (χ1) is 11.2. The van der Waals surface area contributed by atoms with Crippen molar-refractivity contribution in [2.45, 2.75) is 16.7 Å². The smallest absolute Gasteiger partial charge is 0.242 e. The summed E-state index contributed by atoms with van der Waals surface area (Å²) in [5.41, 5.74) is 1.88. The van der Waals surface area contributed by atoms with E-state index in [1.165, 1.54) is 11.8 Å². The monoisotopic (exact) mass is 328 g/mol. The van der Waals surface area contributed by atoms with E-state index >= 15 is 0 Å². The van der Waals surface area contributed by atoms with Crippen LogP contribution in [0.4, 0.5) is 5.69 Å². The topological polar surface area (TPSA) is 60.9 Å². The van der Waals surface area contributed by atoms with Crippen molar-refractivity contribution in [1.29, 1.82) is 0 Å². The van der Waals surface area contributed by atoms with Gasteiger partial charge < -0.3 is 4.90 Å². The number of fused-ring (bicyclic) bond motifs is 1. The zero-order valence-corrected chi connectivity index (χ0v) is 13.1. The number of amides is 2. The number of benzene rings is 2. The van der Waals surface area contributed by atoms with E-state index in [1.807, 2.05) is 54.6 Å². The van der Waals surface area contributed by atoms with Gasteiger partial charge in [-0.1, -0.05) is 42.5 Å². The summed E-state index contributed by atoms with van der Waals surface area (Å²) in [4.78, 5) is 26.1. The van der Waals surface area contributed by atoms with Crippen LogP contribution in [0.3, 0.4) is 0 Å². The molecule has 0 aromatic heterocycles. The number of hydrogen-bond acceptors (Lipinski definition) is 4. The maximum Gasteiger partial charge on any atom is 0.242 e. The Morgan fingerprint density at radius 1 is 1.13 bits per heavy atom. The minimum absolute atomic E-state index is 0.0351. The summed E-state index contributed by atoms with van der Waals surface area (Å²) >= 11 is 1.37. The van der Waals surface area contributed by atoms with Crippen molar-refractivity contribution in [2.24, 2.45) is 0 Å². The molecule has 0 spiro atoms. The van der Waals surface area contributed by atoms with Crippen LogP contribution in [-0.2, 0) is 16.1 Å². The van der Waals surface area contributed by atoms with E-state index in [-0.39, 0.29) is 12.5 Å². The van der Waals surface area contributed by atoms with Crippen molar-refractivity contribution in [3.63, 3.8) is 0 Å². The fourth-order valence-electron chi connectivity index (χ4n) is 2.53. The molecular weight excluding hydrogens is 312 g/mol. The fraction of sp³-hybridized carbons (Fsp3) is 0.176. The van der Waals surface area contributed by atoms with Gasteiger partial charge in [0.1, 0.15) is 5.25 Å². The fourth-order valence-corrected chi connectivity index (χ4v) is 3.75. The predicted molar refractivity (Wildman–Crippen MR) is 88.3 cm³/mol. The Kier molecular flexibility index (Phi) is 4.64. The second-order valence-electron chi connectivity index (χ2n) is 5.21. The molecule has 0 fully saturated rings. The van der Waals surface area contributed by atoms with Gasteiger partial charge in [-0.15, -0.1) is 11.8 Å². The first kappa shape index (κ1) is 15.6. The lowest BCUT2D eigenvalue weighted by Crippen LogP contribution is -2.45. The van der Waals surface area contributed by atoms with Crippen molar-refractivity contribution in [3.05, 3.63) is 60.2 Å². The molecule has 23 heavy (non-hydrogen) atoms. The summed E-state index contributed by atoms with van der Waals surface area (Å²) in [6, 6.07) is 17.4. The van der Waals surface area contributed by atoms with Crippen LogP contribution >= 0.6 is 11.8 Å². The molecule has 6 heteroatoms. The summed E-state index contributed by atoms with van der Waals surface area (Å²) in [5.74, 6) is -0.113. The average molecular weight is 328 g/mol. The van der Waals surface area contributed by atoms with Crippen molar-refractivity contribution in [1.82, 2.24) is 5.06 Å². The Balaban J connectivity index is 1.91. The molecule has 118 valence electrons. The number of carbonyl (C=O) groups is 2. The maximum absolute atomic E-state index is 12.8. The van der Waals surface area contributed by atoms with Crippen molar-refractivity contribution < 1.29 is 14.8 Å². The van der Waals surface area contributed by atoms with Gasteiger partial charge in [-0.05, 0) is 17.7 Å². The number of hydrogen-bond donors (Lipinski definition) is 1. The lowest BCUT2D eigenvalue weighted by molar-refractivity contribution is -0.150. The Morgan fingerprint density at radius 3 is 2.57 bits per heavy atom.